The number of rotatable bonds is 6. The number of fused-ring (bicyclic) bond motifs is 1. The van der Waals surface area contributed by atoms with Crippen LogP contribution in [0.15, 0.2) is 21.7 Å². The first-order valence-electron chi connectivity index (χ1n) is 9.31. The Hall–Kier alpha value is -1.53. The second-order valence-electron chi connectivity index (χ2n) is 7.46. The average molecular weight is 448 g/mol. The highest BCUT2D eigenvalue weighted by Gasteiger charge is 2.44. The van der Waals surface area contributed by atoms with E-state index in [-0.39, 0.29) is 29.2 Å². The van der Waals surface area contributed by atoms with E-state index in [0.29, 0.717) is 31.0 Å². The molecule has 0 aromatic carbocycles. The summed E-state index contributed by atoms with van der Waals surface area (Å²) in [6, 6.07) is 3.57. The molecule has 0 bridgehead atoms. The van der Waals surface area contributed by atoms with E-state index in [2.05, 4.69) is 23.7 Å². The number of amides is 1. The molecule has 1 saturated heterocycles. The van der Waals surface area contributed by atoms with Crippen molar-refractivity contribution < 1.29 is 27.9 Å². The Morgan fingerprint density at radius 2 is 2.00 bits per heavy atom. The van der Waals surface area contributed by atoms with Gasteiger partial charge in [0.15, 0.2) is 0 Å². The maximum absolute atomic E-state index is 12.5. The summed E-state index contributed by atoms with van der Waals surface area (Å²) in [5.41, 5.74) is 0. The van der Waals surface area contributed by atoms with Crippen molar-refractivity contribution in [2.24, 2.45) is 11.8 Å². The fraction of sp³-hybridized carbons (Fsp3) is 0.667. The van der Waals surface area contributed by atoms with Crippen molar-refractivity contribution in [1.29, 1.82) is 0 Å². The van der Waals surface area contributed by atoms with E-state index in [9.17, 15) is 13.2 Å². The predicted molar refractivity (Wildman–Crippen MR) is 109 cm³/mol. The fourth-order valence-corrected chi connectivity index (χ4v) is 6.16. The van der Waals surface area contributed by atoms with Crippen LogP contribution >= 0.6 is 11.3 Å². The molecule has 2 heterocycles. The zero-order chi connectivity index (χ0) is 21.6. The maximum atomic E-state index is 12.5. The number of likely N-dealkylation sites (N-methyl/N-ethyl adjacent to an activating group) is 1. The summed E-state index contributed by atoms with van der Waals surface area (Å²) in [5, 5.41) is 8.59. The van der Waals surface area contributed by atoms with Crippen LogP contribution in [0.5, 0.6) is 0 Å². The lowest BCUT2D eigenvalue weighted by Gasteiger charge is -2.40. The van der Waals surface area contributed by atoms with Crippen LogP contribution in [0, 0.1) is 11.8 Å². The number of likely N-dealkylation sites (tertiary alicyclic amines) is 1. The van der Waals surface area contributed by atoms with Crippen LogP contribution in [0.1, 0.15) is 12.8 Å². The number of ether oxygens (including phenoxy) is 1. The van der Waals surface area contributed by atoms with Crippen LogP contribution in [0.2, 0.25) is 0 Å². The maximum Gasteiger partial charge on any atom is 0.290 e. The molecule has 1 aromatic rings. The highest BCUT2D eigenvalue weighted by atomic mass is 32.2. The molecule has 1 aliphatic heterocycles. The lowest BCUT2D eigenvalue weighted by molar-refractivity contribution is -0.129. The van der Waals surface area contributed by atoms with Crippen LogP contribution in [-0.4, -0.2) is 88.7 Å². The van der Waals surface area contributed by atoms with Gasteiger partial charge in [0.1, 0.15) is 4.21 Å². The molecule has 0 spiro atoms. The van der Waals surface area contributed by atoms with Crippen molar-refractivity contribution in [3.8, 4) is 0 Å². The van der Waals surface area contributed by atoms with E-state index in [1.165, 1.54) is 6.07 Å². The SMILES string of the molecule is CO[C@@H]1C[C@H]2CN(C(=O)CNS(=O)(=O)c3cccs3)C[C@H]2C[C@H]1N(C)C.O=CO. The Morgan fingerprint density at radius 3 is 2.52 bits per heavy atom. The van der Waals surface area contributed by atoms with Crippen molar-refractivity contribution in [2.45, 2.75) is 29.2 Å². The van der Waals surface area contributed by atoms with Crippen molar-refractivity contribution in [2.75, 3.05) is 40.8 Å². The van der Waals surface area contributed by atoms with E-state index in [4.69, 9.17) is 14.6 Å². The molecule has 2 fully saturated rings. The number of nitrogens with one attached hydrogen (secondary N) is 1. The van der Waals surface area contributed by atoms with Gasteiger partial charge in [0, 0.05) is 26.2 Å². The van der Waals surface area contributed by atoms with E-state index in [1.54, 1.807) is 23.5 Å². The van der Waals surface area contributed by atoms with Gasteiger partial charge in [0.2, 0.25) is 5.91 Å². The molecule has 2 N–H and O–H groups in total. The normalized spacial score (nSPS) is 26.6. The number of sulfonamides is 1. The lowest BCUT2D eigenvalue weighted by Crippen LogP contribution is -2.47. The summed E-state index contributed by atoms with van der Waals surface area (Å²) in [6.07, 6.45) is 2.12. The molecule has 1 aliphatic carbocycles. The second kappa shape index (κ2) is 10.5. The second-order valence-corrected chi connectivity index (χ2v) is 10.4. The van der Waals surface area contributed by atoms with Crippen molar-refractivity contribution in [1.82, 2.24) is 14.5 Å². The topological polar surface area (TPSA) is 116 Å². The van der Waals surface area contributed by atoms with E-state index < -0.39 is 10.0 Å². The van der Waals surface area contributed by atoms with Crippen LogP contribution in [0.25, 0.3) is 0 Å². The van der Waals surface area contributed by atoms with E-state index in [0.717, 1.165) is 24.2 Å². The van der Waals surface area contributed by atoms with Gasteiger partial charge < -0.3 is 19.6 Å². The van der Waals surface area contributed by atoms with E-state index in [1.807, 2.05) is 0 Å². The molecule has 164 valence electrons. The smallest absolute Gasteiger partial charge is 0.290 e. The summed E-state index contributed by atoms with van der Waals surface area (Å²) < 4.78 is 32.7. The molecule has 1 saturated carbocycles. The summed E-state index contributed by atoms with van der Waals surface area (Å²) >= 11 is 1.14. The molecule has 1 amide bonds. The molecule has 3 rings (SSSR count). The molecule has 4 atom stereocenters. The summed E-state index contributed by atoms with van der Waals surface area (Å²) in [5.74, 6) is 0.718. The Morgan fingerprint density at radius 1 is 1.38 bits per heavy atom. The van der Waals surface area contributed by atoms with Gasteiger partial charge in [-0.2, -0.15) is 0 Å². The van der Waals surface area contributed by atoms with Crippen molar-refractivity contribution in [3.05, 3.63) is 17.5 Å². The summed E-state index contributed by atoms with van der Waals surface area (Å²) in [7, 11) is 2.27. The lowest BCUT2D eigenvalue weighted by atomic mass is 9.77. The molecule has 29 heavy (non-hydrogen) atoms. The molecule has 0 radical (unpaired) electrons. The van der Waals surface area contributed by atoms with Crippen LogP contribution in [0.4, 0.5) is 0 Å². The average Bonchev–Trinajstić information content (AvgIpc) is 3.35. The third-order valence-electron chi connectivity index (χ3n) is 5.58. The Kier molecular flexibility index (Phi) is 8.58. The number of hydrogen-bond acceptors (Lipinski definition) is 7. The van der Waals surface area contributed by atoms with Crippen LogP contribution < -0.4 is 4.72 Å². The zero-order valence-electron chi connectivity index (χ0n) is 16.9. The molecule has 11 heteroatoms. The zero-order valence-corrected chi connectivity index (χ0v) is 18.5. The van der Waals surface area contributed by atoms with Crippen LogP contribution in [0.3, 0.4) is 0 Å². The van der Waals surface area contributed by atoms with Crippen LogP contribution in [-0.2, 0) is 24.3 Å². The molecular weight excluding hydrogens is 418 g/mol. The number of methoxy groups -OCH3 is 1. The van der Waals surface area contributed by atoms with Gasteiger partial charge in [0.05, 0.1) is 12.6 Å². The summed E-state index contributed by atoms with van der Waals surface area (Å²) in [6.45, 7) is 0.944. The third-order valence-corrected chi connectivity index (χ3v) is 8.38. The Labute approximate surface area is 175 Å². The highest BCUT2D eigenvalue weighted by Crippen LogP contribution is 2.38. The quantitative estimate of drug-likeness (QED) is 0.612. The number of nitrogens with zero attached hydrogens (tertiary/aromatic N) is 2. The number of hydrogen-bond donors (Lipinski definition) is 2. The first kappa shape index (κ1) is 23.7. The van der Waals surface area contributed by atoms with Gasteiger partial charge in [-0.3, -0.25) is 9.59 Å². The fourth-order valence-electron chi connectivity index (χ4n) is 4.15. The van der Waals surface area contributed by atoms with Gasteiger partial charge in [-0.15, -0.1) is 11.3 Å². The standard InChI is InChI=1S/C17H27N3O4S2.CH2O2/c1-19(2)14-7-12-10-20(11-13(12)8-15(14)24-3)16(21)9-18-26(22,23)17-5-4-6-25-17;2-1-3/h4-6,12-15,18H,7-11H2,1-3H3;1H,(H,2,3)/t12-,13+,14-,15-;/m1./s1. The molecule has 0 unspecified atom stereocenters. The first-order chi connectivity index (χ1) is 13.7. The first-order valence-corrected chi connectivity index (χ1v) is 11.7. The minimum Gasteiger partial charge on any atom is -0.483 e. The predicted octanol–water partition coefficient (Wildman–Crippen LogP) is 0.541. The van der Waals surface area contributed by atoms with Gasteiger partial charge in [-0.1, -0.05) is 6.07 Å². The number of carbonyl (C=O) groups is 2. The van der Waals surface area contributed by atoms with Crippen molar-refractivity contribution >= 4 is 33.7 Å². The Bertz CT molecular complexity index is 769. The molecule has 1 aromatic heterocycles. The Balaban J connectivity index is 0.000000941. The number of carboxylic acid groups (broad SMARTS) is 1. The highest BCUT2D eigenvalue weighted by molar-refractivity contribution is 7.91. The van der Waals surface area contributed by atoms with Gasteiger partial charge in [0.25, 0.3) is 16.5 Å². The third kappa shape index (κ3) is 5.98. The number of thiophene rings is 1. The van der Waals surface area contributed by atoms with Gasteiger partial charge in [-0.05, 0) is 50.2 Å². The molecule has 9 nitrogen and oxygen atoms in total. The molecular formula is C18H29N3O6S2. The monoisotopic (exact) mass is 447 g/mol. The van der Waals surface area contributed by atoms with Crippen molar-refractivity contribution in [3.63, 3.8) is 0 Å². The summed E-state index contributed by atoms with van der Waals surface area (Å²) in [4.78, 5) is 24.9. The minimum absolute atomic E-state index is 0.157. The largest absolute Gasteiger partial charge is 0.483 e. The van der Waals surface area contributed by atoms with Gasteiger partial charge >= 0.3 is 0 Å². The minimum atomic E-state index is -3.61. The van der Waals surface area contributed by atoms with E-state index >= 15 is 0 Å². The number of carbonyl (C=O) groups excluding carboxylic acids is 1. The molecule has 2 aliphatic rings. The van der Waals surface area contributed by atoms with Gasteiger partial charge in [-0.25, -0.2) is 13.1 Å².